The van der Waals surface area contributed by atoms with Crippen LogP contribution in [0.2, 0.25) is 0 Å². The number of hydrogen-bond acceptors (Lipinski definition) is 4. The van der Waals surface area contributed by atoms with Crippen molar-refractivity contribution in [3.05, 3.63) is 54.4 Å². The first-order valence-electron chi connectivity index (χ1n) is 10.1. The van der Waals surface area contributed by atoms with Crippen LogP contribution in [0.4, 0.5) is 5.69 Å². The number of anilines is 1. The second kappa shape index (κ2) is 8.02. The number of hydrogen-bond donors (Lipinski definition) is 1. The second-order valence-electron chi connectivity index (χ2n) is 7.33. The summed E-state index contributed by atoms with van der Waals surface area (Å²) in [6.45, 7) is 5.50. The number of primary amides is 1. The number of nitrogens with two attached hydrogens (primary N) is 1. The fourth-order valence-electron chi connectivity index (χ4n) is 3.91. The molecule has 0 aliphatic carbocycles. The Morgan fingerprint density at radius 1 is 1.14 bits per heavy atom. The van der Waals surface area contributed by atoms with Crippen LogP contribution in [-0.2, 0) is 0 Å². The molecule has 1 aromatic carbocycles. The molecule has 2 N–H and O–H groups in total. The quantitative estimate of drug-likeness (QED) is 0.711. The third kappa shape index (κ3) is 3.60. The van der Waals surface area contributed by atoms with Gasteiger partial charge < -0.3 is 15.1 Å². The molecule has 0 atom stereocenters. The molecule has 0 saturated carbocycles. The zero-order chi connectivity index (χ0) is 19.5. The molecule has 0 unspecified atom stereocenters. The third-order valence-corrected chi connectivity index (χ3v) is 5.32. The van der Waals surface area contributed by atoms with Crippen LogP contribution in [0.5, 0.6) is 0 Å². The molecule has 1 aliphatic heterocycles. The second-order valence-corrected chi connectivity index (χ2v) is 7.33. The van der Waals surface area contributed by atoms with Gasteiger partial charge in [-0.3, -0.25) is 4.79 Å². The predicted octanol–water partition coefficient (Wildman–Crippen LogP) is 3.72. The number of carbonyl (C=O) groups excluding carboxylic acids is 1. The van der Waals surface area contributed by atoms with Gasteiger partial charge in [-0.2, -0.15) is 0 Å². The highest BCUT2D eigenvalue weighted by molar-refractivity contribution is 5.98. The highest BCUT2D eigenvalue weighted by atomic mass is 16.1. The Bertz CT molecular complexity index is 957. The Balaban J connectivity index is 1.63. The molecule has 1 amide bonds. The normalized spacial score (nSPS) is 15.0. The minimum atomic E-state index is -0.463. The third-order valence-electron chi connectivity index (χ3n) is 5.32. The van der Waals surface area contributed by atoms with E-state index in [1.807, 2.05) is 22.9 Å². The lowest BCUT2D eigenvalue weighted by molar-refractivity contribution is 0.100. The SMILES string of the molecule is CCCN(c1ccc(-c2cn3cccc(C(N)=O)c3n2)cc1)N1CCCCC1. The topological polar surface area (TPSA) is 66.9 Å². The van der Waals surface area contributed by atoms with Gasteiger partial charge in [0.1, 0.15) is 5.65 Å². The van der Waals surface area contributed by atoms with Gasteiger partial charge in [0.05, 0.1) is 16.9 Å². The van der Waals surface area contributed by atoms with Crippen molar-refractivity contribution in [1.29, 1.82) is 0 Å². The molecule has 6 nitrogen and oxygen atoms in total. The molecule has 1 fully saturated rings. The number of benzene rings is 1. The summed E-state index contributed by atoms with van der Waals surface area (Å²) in [5.41, 5.74) is 9.58. The number of piperidine rings is 1. The van der Waals surface area contributed by atoms with Crippen LogP contribution < -0.4 is 10.7 Å². The number of carbonyl (C=O) groups is 1. The zero-order valence-electron chi connectivity index (χ0n) is 16.3. The molecular formula is C22H27N5O. The summed E-state index contributed by atoms with van der Waals surface area (Å²) < 4.78 is 1.85. The summed E-state index contributed by atoms with van der Waals surface area (Å²) in [6, 6.07) is 12.1. The maximum absolute atomic E-state index is 11.7. The molecule has 0 radical (unpaired) electrons. The molecule has 0 bridgehead atoms. The average Bonchev–Trinajstić information content (AvgIpc) is 3.17. The van der Waals surface area contributed by atoms with Crippen LogP contribution in [0.1, 0.15) is 43.0 Å². The van der Waals surface area contributed by atoms with E-state index in [0.29, 0.717) is 11.2 Å². The van der Waals surface area contributed by atoms with Gasteiger partial charge in [-0.05, 0) is 43.5 Å². The number of amides is 1. The van der Waals surface area contributed by atoms with Gasteiger partial charge in [-0.1, -0.05) is 25.5 Å². The number of hydrazine groups is 1. The van der Waals surface area contributed by atoms with E-state index in [1.54, 1.807) is 6.07 Å². The van der Waals surface area contributed by atoms with Gasteiger partial charge in [-0.25, -0.2) is 9.99 Å². The maximum Gasteiger partial charge on any atom is 0.252 e. The van der Waals surface area contributed by atoms with Crippen LogP contribution >= 0.6 is 0 Å². The highest BCUT2D eigenvalue weighted by Crippen LogP contribution is 2.26. The van der Waals surface area contributed by atoms with Gasteiger partial charge in [0.25, 0.3) is 5.91 Å². The van der Waals surface area contributed by atoms with Crippen molar-refractivity contribution < 1.29 is 4.79 Å². The Labute approximate surface area is 165 Å². The summed E-state index contributed by atoms with van der Waals surface area (Å²) in [6.07, 6.45) is 8.79. The number of rotatable bonds is 6. The largest absolute Gasteiger partial charge is 0.365 e. The first-order chi connectivity index (χ1) is 13.7. The van der Waals surface area contributed by atoms with Gasteiger partial charge in [-0.15, -0.1) is 0 Å². The van der Waals surface area contributed by atoms with Crippen LogP contribution in [-0.4, -0.2) is 39.9 Å². The molecule has 6 heteroatoms. The summed E-state index contributed by atoms with van der Waals surface area (Å²) in [5, 5.41) is 4.89. The number of imidazole rings is 1. The van der Waals surface area contributed by atoms with Crippen LogP contribution in [0.3, 0.4) is 0 Å². The molecule has 1 aliphatic rings. The number of pyridine rings is 1. The molecule has 0 spiro atoms. The lowest BCUT2D eigenvalue weighted by Gasteiger charge is -2.39. The smallest absolute Gasteiger partial charge is 0.252 e. The Morgan fingerprint density at radius 3 is 2.57 bits per heavy atom. The van der Waals surface area contributed by atoms with Crippen LogP contribution in [0.25, 0.3) is 16.9 Å². The molecular weight excluding hydrogens is 350 g/mol. The van der Waals surface area contributed by atoms with E-state index >= 15 is 0 Å². The summed E-state index contributed by atoms with van der Waals surface area (Å²) in [5.74, 6) is -0.463. The van der Waals surface area contributed by atoms with E-state index in [4.69, 9.17) is 5.73 Å². The van der Waals surface area contributed by atoms with Crippen molar-refractivity contribution in [2.24, 2.45) is 5.73 Å². The van der Waals surface area contributed by atoms with Crippen molar-refractivity contribution in [2.45, 2.75) is 32.6 Å². The van der Waals surface area contributed by atoms with Crippen LogP contribution in [0, 0.1) is 0 Å². The summed E-state index contributed by atoms with van der Waals surface area (Å²) in [4.78, 5) is 16.3. The van der Waals surface area contributed by atoms with Crippen LogP contribution in [0.15, 0.2) is 48.8 Å². The minimum Gasteiger partial charge on any atom is -0.365 e. The van der Waals surface area contributed by atoms with E-state index in [1.165, 1.54) is 24.9 Å². The monoisotopic (exact) mass is 377 g/mol. The Kier molecular flexibility index (Phi) is 5.30. The molecule has 4 rings (SSSR count). The van der Waals surface area contributed by atoms with E-state index in [2.05, 4.69) is 46.2 Å². The molecule has 28 heavy (non-hydrogen) atoms. The van der Waals surface area contributed by atoms with Gasteiger partial charge in [0, 0.05) is 37.6 Å². The Morgan fingerprint density at radius 2 is 1.89 bits per heavy atom. The van der Waals surface area contributed by atoms with E-state index in [9.17, 15) is 4.79 Å². The van der Waals surface area contributed by atoms with Crippen molar-refractivity contribution in [1.82, 2.24) is 14.4 Å². The maximum atomic E-state index is 11.7. The highest BCUT2D eigenvalue weighted by Gasteiger charge is 2.18. The lowest BCUT2D eigenvalue weighted by Crippen LogP contribution is -2.46. The Hall–Kier alpha value is -2.86. The molecule has 3 heterocycles. The molecule has 1 saturated heterocycles. The number of nitrogens with zero attached hydrogens (tertiary/aromatic N) is 4. The van der Waals surface area contributed by atoms with E-state index in [-0.39, 0.29) is 0 Å². The molecule has 3 aromatic rings. The first-order valence-corrected chi connectivity index (χ1v) is 10.1. The van der Waals surface area contributed by atoms with E-state index in [0.717, 1.165) is 37.3 Å². The lowest BCUT2D eigenvalue weighted by atomic mass is 10.1. The molecule has 2 aromatic heterocycles. The average molecular weight is 377 g/mol. The van der Waals surface area contributed by atoms with Crippen molar-refractivity contribution in [3.8, 4) is 11.3 Å². The van der Waals surface area contributed by atoms with E-state index < -0.39 is 5.91 Å². The minimum absolute atomic E-state index is 0.435. The number of fused-ring (bicyclic) bond motifs is 1. The molecule has 146 valence electrons. The van der Waals surface area contributed by atoms with Crippen molar-refractivity contribution in [3.63, 3.8) is 0 Å². The van der Waals surface area contributed by atoms with Gasteiger partial charge in [0.2, 0.25) is 0 Å². The predicted molar refractivity (Wildman–Crippen MR) is 112 cm³/mol. The van der Waals surface area contributed by atoms with Gasteiger partial charge in [0.15, 0.2) is 0 Å². The standard InChI is InChI=1S/C22H27N5O/c1-2-12-27(26-14-4-3-5-15-26)18-10-8-17(9-11-18)20-16-25-13-6-7-19(21(23)28)22(25)24-20/h6-11,13,16H,2-5,12,14-15H2,1H3,(H2,23,28). The zero-order valence-corrected chi connectivity index (χ0v) is 16.3. The summed E-state index contributed by atoms with van der Waals surface area (Å²) in [7, 11) is 0. The van der Waals surface area contributed by atoms with Crippen molar-refractivity contribution in [2.75, 3.05) is 24.6 Å². The number of aromatic nitrogens is 2. The summed E-state index contributed by atoms with van der Waals surface area (Å²) >= 11 is 0. The first kappa shape index (κ1) is 18.5. The fourth-order valence-corrected chi connectivity index (χ4v) is 3.91. The van der Waals surface area contributed by atoms with Gasteiger partial charge >= 0.3 is 0 Å². The van der Waals surface area contributed by atoms with Crippen molar-refractivity contribution >= 4 is 17.2 Å². The fraction of sp³-hybridized carbons (Fsp3) is 0.364.